The molecule has 0 aliphatic heterocycles. The van der Waals surface area contributed by atoms with Gasteiger partial charge in [0, 0.05) is 31.8 Å². The summed E-state index contributed by atoms with van der Waals surface area (Å²) in [5.41, 5.74) is 10.1. The first-order valence-electron chi connectivity index (χ1n) is 32.5. The van der Waals surface area contributed by atoms with Gasteiger partial charge in [0.25, 0.3) is 6.47 Å². The van der Waals surface area contributed by atoms with Gasteiger partial charge >= 0.3 is 11.9 Å². The number of carbonyl (C=O) groups is 8. The number of ketones is 3. The Balaban J connectivity index is 0.00000628. The first-order valence-corrected chi connectivity index (χ1v) is 34.5. The number of ether oxygens (including phenoxy) is 6. The quantitative estimate of drug-likeness (QED) is 0.00967. The van der Waals surface area contributed by atoms with E-state index in [9.17, 15) is 33.6 Å². The molecule has 0 saturated heterocycles. The third-order valence-corrected chi connectivity index (χ3v) is 20.1. The Kier molecular flexibility index (Phi) is 32.6. The second kappa shape index (κ2) is 39.0. The summed E-state index contributed by atoms with van der Waals surface area (Å²) in [6.07, 6.45) is -1.48. The predicted molar refractivity (Wildman–Crippen MR) is 371 cm³/mol. The van der Waals surface area contributed by atoms with E-state index in [4.69, 9.17) is 44.1 Å². The van der Waals surface area contributed by atoms with Crippen molar-refractivity contribution < 1.29 is 71.9 Å². The van der Waals surface area contributed by atoms with Crippen molar-refractivity contribution in [1.82, 2.24) is 10.6 Å². The molecule has 5 rings (SSSR count). The first kappa shape index (κ1) is 79.3. The van der Waals surface area contributed by atoms with Crippen molar-refractivity contribution in [2.45, 2.75) is 181 Å². The molecule has 0 bridgehead atoms. The van der Waals surface area contributed by atoms with Gasteiger partial charge in [-0.3, -0.25) is 38.4 Å². The molecule has 0 aliphatic rings. The third-order valence-electron chi connectivity index (χ3n) is 14.9. The van der Waals surface area contributed by atoms with E-state index in [0.29, 0.717) is 24.5 Å². The van der Waals surface area contributed by atoms with Crippen LogP contribution in [0.3, 0.4) is 0 Å². The van der Waals surface area contributed by atoms with E-state index in [1.165, 1.54) is 10.4 Å². The van der Waals surface area contributed by atoms with Crippen LogP contribution in [-0.2, 0) is 81.3 Å². The Morgan fingerprint density at radius 2 is 0.926 bits per heavy atom. The van der Waals surface area contributed by atoms with E-state index in [0.717, 1.165) is 11.1 Å². The van der Waals surface area contributed by atoms with Gasteiger partial charge in [0.2, 0.25) is 19.9 Å². The minimum atomic E-state index is -2.55. The van der Waals surface area contributed by atoms with Gasteiger partial charge in [0.05, 0.1) is 63.3 Å². The van der Waals surface area contributed by atoms with Crippen LogP contribution in [0.1, 0.15) is 138 Å². The van der Waals surface area contributed by atoms with Gasteiger partial charge < -0.3 is 49.9 Å². The Bertz CT molecular complexity index is 3220. The fourth-order valence-electron chi connectivity index (χ4n) is 10.7. The molecule has 0 aromatic heterocycles. The second-order valence-corrected chi connectivity index (χ2v) is 31.9. The monoisotopic (exact) mass is 1320 g/mol. The van der Waals surface area contributed by atoms with Crippen molar-refractivity contribution in [1.29, 1.82) is 0 Å². The highest BCUT2D eigenvalue weighted by Crippen LogP contribution is 2.35. The average molecular weight is 1320 g/mol. The maximum atomic E-state index is 14.9. The molecular weight excluding hydrogens is 1220 g/mol. The first-order chi connectivity index (χ1) is 44.8. The number of hydrogen-bond acceptors (Lipinski definition) is 15. The van der Waals surface area contributed by atoms with Crippen LogP contribution in [0.4, 0.5) is 0 Å². The predicted octanol–water partition coefficient (Wildman–Crippen LogP) is 9.51. The molecule has 19 heteroatoms. The molecule has 18 nitrogen and oxygen atoms in total. The number of esters is 2. The van der Waals surface area contributed by atoms with Crippen molar-refractivity contribution in [2.24, 2.45) is 17.6 Å². The van der Waals surface area contributed by atoms with Gasteiger partial charge in [-0.2, -0.15) is 0 Å². The lowest BCUT2D eigenvalue weighted by molar-refractivity contribution is -0.159. The summed E-state index contributed by atoms with van der Waals surface area (Å²) in [5.74, 6) is -2.94. The second-order valence-electron chi connectivity index (χ2n) is 27.5. The van der Waals surface area contributed by atoms with Crippen LogP contribution >= 0.6 is 0 Å². The molecule has 0 unspecified atom stereocenters. The normalized spacial score (nSPS) is 13.3. The highest BCUT2D eigenvalue weighted by molar-refractivity contribution is 7.10. The van der Waals surface area contributed by atoms with E-state index in [-0.39, 0.29) is 82.2 Å². The van der Waals surface area contributed by atoms with Crippen molar-refractivity contribution in [3.05, 3.63) is 162 Å². The van der Waals surface area contributed by atoms with Crippen LogP contribution in [0.25, 0.3) is 0 Å². The van der Waals surface area contributed by atoms with Crippen molar-refractivity contribution >= 4 is 66.0 Å². The number of nitrogens with one attached hydrogen (secondary N) is 2. The van der Waals surface area contributed by atoms with Crippen molar-refractivity contribution in [2.75, 3.05) is 39.6 Å². The summed E-state index contributed by atoms with van der Waals surface area (Å²) >= 11 is 0. The Labute approximate surface area is 563 Å². The van der Waals surface area contributed by atoms with Crippen molar-refractivity contribution in [3.8, 4) is 17.2 Å². The highest BCUT2D eigenvalue weighted by atomic mass is 28.3. The zero-order chi connectivity index (χ0) is 70.2. The molecule has 95 heavy (non-hydrogen) atoms. The molecule has 0 saturated carbocycles. The summed E-state index contributed by atoms with van der Waals surface area (Å²) in [6, 6.07) is 42.9. The number of nitrogens with two attached hydrogens (primary N) is 1. The molecule has 0 spiro atoms. The van der Waals surface area contributed by atoms with E-state index < -0.39 is 109 Å². The SMILES string of the molecule is CC(C)(C)OC(=O)C[C@H](CC(=O)[C@H](Cc1ccccc1)NC(=O)[C@@H](CC(=O)[C@@H](N)Cc1ccccc1)Cc1ccc(OC(C)(C)C)cc1)C(=O)N[C@@H](CC(=O)OC(C)(C)C)C(=O)CCCOCCOCCOCC#C[Si](c1ccccc1)(c1ccccc1)C(C)(C)C.O=CO. The summed E-state index contributed by atoms with van der Waals surface area (Å²) in [7, 11) is -2.55. The van der Waals surface area contributed by atoms with Gasteiger partial charge in [-0.25, -0.2) is 0 Å². The maximum Gasteiger partial charge on any atom is 0.308 e. The molecular formula is C76H101N3O15Si. The summed E-state index contributed by atoms with van der Waals surface area (Å²) in [5, 5.41) is 14.9. The van der Waals surface area contributed by atoms with E-state index in [1.807, 2.05) is 81.4 Å². The van der Waals surface area contributed by atoms with Crippen LogP contribution in [0, 0.1) is 23.3 Å². The van der Waals surface area contributed by atoms with Crippen LogP contribution in [0.5, 0.6) is 5.75 Å². The van der Waals surface area contributed by atoms with Gasteiger partial charge in [-0.15, -0.1) is 5.54 Å². The third kappa shape index (κ3) is 29.6. The van der Waals surface area contributed by atoms with Crippen LogP contribution in [0.15, 0.2) is 146 Å². The fourth-order valence-corrected chi connectivity index (χ4v) is 15.1. The standard InChI is InChI=1S/C75H99N3O13Si.CH2O2/c1-72(2,3)89-59-38-36-56(37-39-59)47-57(50-66(80)62(76)48-54-27-17-13-18-28-54)70(84)77-63(49-55-29-19-14-20-30-55)67(81)51-58(52-68(82)90-73(4,5)6)71(85)78-64(53-69(83)91-74(7,8)9)65(79)35-25-40-86-42-44-88-45-43-87-41-26-46-92(75(10,11)12,60-31-21-15-22-32-60)61-33-23-16-24-34-61;2-1-3/h13-24,27-34,36-39,57-58,62-64H,25,35,40-45,47-53,76H2,1-12H3,(H,77,84)(H,78,85);1H,(H,2,3)/t57-,58+,62+,63+,64+;/m1./s1. The lowest BCUT2D eigenvalue weighted by atomic mass is 9.88. The molecule has 5 atom stereocenters. The number of hydrogen-bond donors (Lipinski definition) is 4. The lowest BCUT2D eigenvalue weighted by Crippen LogP contribution is -2.63. The topological polar surface area (TPSA) is 262 Å². The molecule has 0 aliphatic carbocycles. The summed E-state index contributed by atoms with van der Waals surface area (Å²) in [4.78, 5) is 108. The molecule has 514 valence electrons. The molecule has 2 amide bonds. The summed E-state index contributed by atoms with van der Waals surface area (Å²) < 4.78 is 34.7. The number of Topliss-reactive ketones (excluding diaryl/α,β-unsaturated/α-hetero) is 3. The zero-order valence-electron chi connectivity index (χ0n) is 57.7. The molecule has 5 N–H and O–H groups in total. The lowest BCUT2D eigenvalue weighted by Gasteiger charge is -2.39. The van der Waals surface area contributed by atoms with Crippen LogP contribution in [-0.4, -0.2) is 135 Å². The number of carbonyl (C=O) groups excluding carboxylic acids is 7. The van der Waals surface area contributed by atoms with Gasteiger partial charge in [0.15, 0.2) is 17.3 Å². The van der Waals surface area contributed by atoms with E-state index in [1.54, 1.807) is 77.9 Å². The highest BCUT2D eigenvalue weighted by Gasteiger charge is 2.47. The largest absolute Gasteiger partial charge is 0.488 e. The number of amides is 2. The van der Waals surface area contributed by atoms with Crippen LogP contribution < -0.4 is 31.5 Å². The molecule has 5 aromatic rings. The van der Waals surface area contributed by atoms with Crippen molar-refractivity contribution in [3.63, 3.8) is 0 Å². The Hall–Kier alpha value is -8.12. The van der Waals surface area contributed by atoms with E-state index in [2.05, 4.69) is 91.4 Å². The molecule has 5 aromatic carbocycles. The Morgan fingerprint density at radius 3 is 1.42 bits per heavy atom. The van der Waals surface area contributed by atoms with Gasteiger partial charge in [0.1, 0.15) is 29.2 Å². The maximum absolute atomic E-state index is 14.9. The molecule has 0 heterocycles. The number of carboxylic acid groups (broad SMARTS) is 1. The molecule has 0 radical (unpaired) electrons. The number of rotatable bonds is 35. The van der Waals surface area contributed by atoms with Gasteiger partial charge in [-0.1, -0.05) is 160 Å². The smallest absolute Gasteiger partial charge is 0.308 e. The fraction of sp³-hybridized carbons (Fsp3) is 0.474. The Morgan fingerprint density at radius 1 is 0.495 bits per heavy atom. The summed E-state index contributed by atoms with van der Waals surface area (Å²) in [6.45, 7) is 23.9. The minimum absolute atomic E-state index is 0.0113. The molecule has 0 fully saturated rings. The minimum Gasteiger partial charge on any atom is -0.488 e. The van der Waals surface area contributed by atoms with E-state index >= 15 is 0 Å². The number of benzene rings is 5. The van der Waals surface area contributed by atoms with Gasteiger partial charge in [-0.05, 0) is 132 Å². The average Bonchev–Trinajstić information content (AvgIpc) is 0.750. The van der Waals surface area contributed by atoms with Crippen LogP contribution in [0.2, 0.25) is 5.04 Å². The zero-order valence-corrected chi connectivity index (χ0v) is 58.7.